The van der Waals surface area contributed by atoms with Crippen molar-refractivity contribution in [3.8, 4) is 5.75 Å². The number of hydrogen-bond acceptors (Lipinski definition) is 5. The summed E-state index contributed by atoms with van der Waals surface area (Å²) in [6.07, 6.45) is 1.67. The number of esters is 1. The van der Waals surface area contributed by atoms with Crippen molar-refractivity contribution in [1.82, 2.24) is 0 Å². The molecule has 2 aromatic carbocycles. The van der Waals surface area contributed by atoms with Gasteiger partial charge in [-0.25, -0.2) is 4.79 Å². The lowest BCUT2D eigenvalue weighted by Crippen LogP contribution is -2.12. The van der Waals surface area contributed by atoms with Crippen LogP contribution in [-0.2, 0) is 10.2 Å². The Balaban J connectivity index is 1.74. The number of carbonyl (C=O) groups excluding carboxylic acids is 2. The van der Waals surface area contributed by atoms with Gasteiger partial charge < -0.3 is 10.5 Å². The summed E-state index contributed by atoms with van der Waals surface area (Å²) in [5.41, 5.74) is 7.92. The minimum Gasteiger partial charge on any atom is -0.423 e. The smallest absolute Gasteiger partial charge is 0.343 e. The van der Waals surface area contributed by atoms with Gasteiger partial charge in [-0.1, -0.05) is 45.0 Å². The summed E-state index contributed by atoms with van der Waals surface area (Å²) in [5.74, 6) is -0.392. The number of aliphatic imine (C=N–C) groups is 1. The topological polar surface area (TPSA) is 81.8 Å². The highest BCUT2D eigenvalue weighted by Crippen LogP contribution is 2.27. The van der Waals surface area contributed by atoms with Gasteiger partial charge >= 0.3 is 5.97 Å². The van der Waals surface area contributed by atoms with E-state index in [2.05, 4.69) is 25.8 Å². The third-order valence-corrected chi connectivity index (χ3v) is 4.80. The Hall–Kier alpha value is -2.86. The number of nitrogens with two attached hydrogens (primary N) is 1. The highest BCUT2D eigenvalue weighted by molar-refractivity contribution is 8.18. The van der Waals surface area contributed by atoms with Gasteiger partial charge in [0, 0.05) is 0 Å². The number of amidine groups is 1. The van der Waals surface area contributed by atoms with Crippen molar-refractivity contribution in [2.75, 3.05) is 0 Å². The zero-order chi connectivity index (χ0) is 19.6. The number of carbonyl (C=O) groups is 2. The third kappa shape index (κ3) is 4.65. The fourth-order valence-corrected chi connectivity index (χ4v) is 3.20. The summed E-state index contributed by atoms with van der Waals surface area (Å²) in [6, 6.07) is 14.4. The maximum Gasteiger partial charge on any atom is 0.343 e. The predicted molar refractivity (Wildman–Crippen MR) is 109 cm³/mol. The first-order chi connectivity index (χ1) is 12.7. The van der Waals surface area contributed by atoms with Gasteiger partial charge in [-0.05, 0) is 58.6 Å². The van der Waals surface area contributed by atoms with Crippen LogP contribution in [0.3, 0.4) is 0 Å². The molecule has 0 saturated heterocycles. The summed E-state index contributed by atoms with van der Waals surface area (Å²) >= 11 is 1.12. The Morgan fingerprint density at radius 3 is 2.44 bits per heavy atom. The standard InChI is InChI=1S/C21H20N2O3S/c1-21(2,3)15-9-7-14(8-10-15)19(25)26-16-6-4-5-13(11-16)12-17-18(24)23-20(22)27-17/h4-12H,1-3H3,(H2,22,23,24)/b17-12-. The minimum atomic E-state index is -0.431. The van der Waals surface area contributed by atoms with Crippen molar-refractivity contribution in [2.45, 2.75) is 26.2 Å². The zero-order valence-electron chi connectivity index (χ0n) is 15.4. The lowest BCUT2D eigenvalue weighted by Gasteiger charge is -2.18. The molecular weight excluding hydrogens is 360 g/mol. The second kappa shape index (κ2) is 7.40. The van der Waals surface area contributed by atoms with Crippen LogP contribution >= 0.6 is 11.8 Å². The summed E-state index contributed by atoms with van der Waals surface area (Å²) in [5, 5.41) is 0.229. The molecule has 2 aromatic rings. The molecule has 3 rings (SSSR count). The molecule has 0 fully saturated rings. The van der Waals surface area contributed by atoms with Crippen LogP contribution in [0.25, 0.3) is 6.08 Å². The van der Waals surface area contributed by atoms with Gasteiger partial charge in [0.1, 0.15) is 5.75 Å². The number of ether oxygens (including phenoxy) is 1. The molecule has 5 nitrogen and oxygen atoms in total. The van der Waals surface area contributed by atoms with E-state index in [9.17, 15) is 9.59 Å². The Morgan fingerprint density at radius 2 is 1.85 bits per heavy atom. The first kappa shape index (κ1) is 18.9. The van der Waals surface area contributed by atoms with E-state index in [-0.39, 0.29) is 16.5 Å². The molecule has 0 unspecified atom stereocenters. The monoisotopic (exact) mass is 380 g/mol. The van der Waals surface area contributed by atoms with Crippen molar-refractivity contribution in [1.29, 1.82) is 0 Å². The van der Waals surface area contributed by atoms with Crippen LogP contribution in [0.2, 0.25) is 0 Å². The lowest BCUT2D eigenvalue weighted by atomic mass is 9.87. The molecule has 0 spiro atoms. The predicted octanol–water partition coefficient (Wildman–Crippen LogP) is 4.13. The van der Waals surface area contributed by atoms with E-state index in [4.69, 9.17) is 10.5 Å². The van der Waals surface area contributed by atoms with Gasteiger partial charge in [0.2, 0.25) is 0 Å². The lowest BCUT2D eigenvalue weighted by molar-refractivity contribution is -0.113. The molecule has 0 aliphatic carbocycles. The number of rotatable bonds is 3. The molecular formula is C21H20N2O3S. The highest BCUT2D eigenvalue weighted by atomic mass is 32.2. The van der Waals surface area contributed by atoms with E-state index in [1.165, 1.54) is 0 Å². The first-order valence-corrected chi connectivity index (χ1v) is 9.25. The fraction of sp³-hybridized carbons (Fsp3) is 0.190. The molecule has 2 N–H and O–H groups in total. The average Bonchev–Trinajstić information content (AvgIpc) is 2.91. The molecule has 0 bridgehead atoms. The number of hydrogen-bond donors (Lipinski definition) is 1. The number of nitrogens with zero attached hydrogens (tertiary/aromatic N) is 1. The van der Waals surface area contributed by atoms with E-state index in [0.29, 0.717) is 16.2 Å². The Kier molecular flexibility index (Phi) is 5.19. The Bertz CT molecular complexity index is 954. The highest BCUT2D eigenvalue weighted by Gasteiger charge is 2.19. The normalized spacial score (nSPS) is 15.7. The van der Waals surface area contributed by atoms with Crippen LogP contribution in [0.1, 0.15) is 42.3 Å². The maximum atomic E-state index is 12.4. The molecule has 0 atom stereocenters. The van der Waals surface area contributed by atoms with Gasteiger partial charge in [0.05, 0.1) is 10.5 Å². The van der Waals surface area contributed by atoms with E-state index in [1.54, 1.807) is 36.4 Å². The zero-order valence-corrected chi connectivity index (χ0v) is 16.2. The molecule has 1 heterocycles. The van der Waals surface area contributed by atoms with Gasteiger partial charge in [-0.2, -0.15) is 4.99 Å². The van der Waals surface area contributed by atoms with Crippen LogP contribution in [0.4, 0.5) is 0 Å². The first-order valence-electron chi connectivity index (χ1n) is 8.43. The van der Waals surface area contributed by atoms with Crippen LogP contribution in [-0.4, -0.2) is 17.0 Å². The van der Waals surface area contributed by atoms with E-state index >= 15 is 0 Å². The molecule has 0 radical (unpaired) electrons. The van der Waals surface area contributed by atoms with Crippen molar-refractivity contribution in [3.05, 3.63) is 70.1 Å². The van der Waals surface area contributed by atoms with E-state index < -0.39 is 5.97 Å². The van der Waals surface area contributed by atoms with E-state index in [1.807, 2.05) is 18.2 Å². The van der Waals surface area contributed by atoms with Crippen molar-refractivity contribution < 1.29 is 14.3 Å². The van der Waals surface area contributed by atoms with Crippen LogP contribution in [0, 0.1) is 0 Å². The summed E-state index contributed by atoms with van der Waals surface area (Å²) in [4.78, 5) is 28.2. The molecule has 138 valence electrons. The van der Waals surface area contributed by atoms with Crippen molar-refractivity contribution >= 4 is 34.9 Å². The maximum absolute atomic E-state index is 12.4. The molecule has 0 aromatic heterocycles. The number of thioether (sulfide) groups is 1. The van der Waals surface area contributed by atoms with Gasteiger partial charge in [0.15, 0.2) is 5.17 Å². The Morgan fingerprint density at radius 1 is 1.15 bits per heavy atom. The van der Waals surface area contributed by atoms with Gasteiger partial charge in [-0.15, -0.1) is 0 Å². The summed E-state index contributed by atoms with van der Waals surface area (Å²) in [7, 11) is 0. The number of benzene rings is 2. The quantitative estimate of drug-likeness (QED) is 0.492. The van der Waals surface area contributed by atoms with Crippen LogP contribution < -0.4 is 10.5 Å². The van der Waals surface area contributed by atoms with Gasteiger partial charge in [0.25, 0.3) is 5.91 Å². The van der Waals surface area contributed by atoms with E-state index in [0.717, 1.165) is 22.9 Å². The molecule has 1 aliphatic heterocycles. The SMILES string of the molecule is CC(C)(C)c1ccc(C(=O)Oc2cccc(/C=C3\SC(N)=NC3=O)c2)cc1. The summed E-state index contributed by atoms with van der Waals surface area (Å²) < 4.78 is 5.47. The molecule has 1 amide bonds. The third-order valence-electron chi connectivity index (χ3n) is 3.99. The second-order valence-corrected chi connectivity index (χ2v) is 8.22. The largest absolute Gasteiger partial charge is 0.423 e. The molecule has 6 heteroatoms. The molecule has 0 saturated carbocycles. The van der Waals surface area contributed by atoms with Crippen molar-refractivity contribution in [2.24, 2.45) is 10.7 Å². The number of amides is 1. The molecule has 1 aliphatic rings. The summed E-state index contributed by atoms with van der Waals surface area (Å²) in [6.45, 7) is 6.35. The fourth-order valence-electron chi connectivity index (χ4n) is 2.52. The van der Waals surface area contributed by atoms with Gasteiger partial charge in [-0.3, -0.25) is 4.79 Å². The second-order valence-electron chi connectivity index (χ2n) is 7.16. The Labute approximate surface area is 162 Å². The van der Waals surface area contributed by atoms with Crippen molar-refractivity contribution in [3.63, 3.8) is 0 Å². The van der Waals surface area contributed by atoms with Crippen LogP contribution in [0.5, 0.6) is 5.75 Å². The van der Waals surface area contributed by atoms with Crippen LogP contribution in [0.15, 0.2) is 58.4 Å². The molecule has 27 heavy (non-hydrogen) atoms. The minimum absolute atomic E-state index is 0.0209. The average molecular weight is 380 g/mol.